The van der Waals surface area contributed by atoms with Crippen molar-refractivity contribution in [2.75, 3.05) is 13.1 Å². The maximum atomic E-state index is 9.93. The van der Waals surface area contributed by atoms with Gasteiger partial charge in [0.15, 0.2) is 5.84 Å². The van der Waals surface area contributed by atoms with Gasteiger partial charge in [-0.05, 0) is 31.4 Å². The third-order valence-electron chi connectivity index (χ3n) is 3.57. The van der Waals surface area contributed by atoms with Crippen molar-refractivity contribution in [3.63, 3.8) is 0 Å². The number of nitrogens with zero attached hydrogens (tertiary/aromatic N) is 3. The second kappa shape index (κ2) is 5.54. The van der Waals surface area contributed by atoms with Gasteiger partial charge in [-0.15, -0.1) is 0 Å². The van der Waals surface area contributed by atoms with E-state index in [4.69, 9.17) is 10.9 Å². The summed E-state index contributed by atoms with van der Waals surface area (Å²) in [6, 6.07) is 3.76. The second-order valence-electron chi connectivity index (χ2n) is 5.27. The third-order valence-corrected chi connectivity index (χ3v) is 3.57. The minimum absolute atomic E-state index is 0.0274. The number of piperidine rings is 1. The van der Waals surface area contributed by atoms with E-state index in [0.29, 0.717) is 12.2 Å². The molecule has 0 unspecified atom stereocenters. The molecule has 1 aromatic rings. The highest BCUT2D eigenvalue weighted by Crippen LogP contribution is 2.22. The molecule has 2 rings (SSSR count). The molecule has 1 saturated heterocycles. The first-order valence-electron chi connectivity index (χ1n) is 6.38. The summed E-state index contributed by atoms with van der Waals surface area (Å²) in [5.74, 6) is 0.0274. The van der Waals surface area contributed by atoms with Gasteiger partial charge in [0.05, 0.1) is 5.60 Å². The minimum atomic E-state index is -0.556. The Morgan fingerprint density at radius 1 is 1.53 bits per heavy atom. The highest BCUT2D eigenvalue weighted by atomic mass is 16.4. The molecule has 0 spiro atoms. The SMILES string of the molecule is CC1(O)CCN(Cc2cccnc2/C(N)=N/O)CC1. The Kier molecular flexibility index (Phi) is 4.01. The molecule has 4 N–H and O–H groups in total. The first-order valence-corrected chi connectivity index (χ1v) is 6.38. The van der Waals surface area contributed by atoms with Crippen LogP contribution in [-0.2, 0) is 6.54 Å². The predicted molar refractivity (Wildman–Crippen MR) is 71.9 cm³/mol. The van der Waals surface area contributed by atoms with Crippen LogP contribution in [-0.4, -0.2) is 44.7 Å². The summed E-state index contributed by atoms with van der Waals surface area (Å²) in [5.41, 5.74) is 6.51. The molecular formula is C13H20N4O2. The fraction of sp³-hybridized carbons (Fsp3) is 0.538. The Balaban J connectivity index is 2.08. The highest BCUT2D eigenvalue weighted by Gasteiger charge is 2.27. The van der Waals surface area contributed by atoms with Crippen LogP contribution >= 0.6 is 0 Å². The lowest BCUT2D eigenvalue weighted by Crippen LogP contribution is -2.42. The standard InChI is InChI=1S/C13H20N4O2/c1-13(18)4-7-17(8-5-13)9-10-3-2-6-15-11(10)12(14)16-19/h2-3,6,18-19H,4-5,7-9H2,1H3,(H2,14,16). The topological polar surface area (TPSA) is 95.0 Å². The molecule has 0 atom stereocenters. The number of hydrogen-bond acceptors (Lipinski definition) is 5. The van der Waals surface area contributed by atoms with E-state index in [1.807, 2.05) is 19.1 Å². The second-order valence-corrected chi connectivity index (χ2v) is 5.27. The van der Waals surface area contributed by atoms with Crippen LogP contribution in [0.1, 0.15) is 31.0 Å². The number of aliphatic hydroxyl groups is 1. The Morgan fingerprint density at radius 3 is 2.84 bits per heavy atom. The zero-order chi connectivity index (χ0) is 13.9. The first-order chi connectivity index (χ1) is 9.02. The predicted octanol–water partition coefficient (Wildman–Crippen LogP) is 0.523. The number of likely N-dealkylation sites (tertiary alicyclic amines) is 1. The van der Waals surface area contributed by atoms with Crippen LogP contribution in [0.5, 0.6) is 0 Å². The molecule has 0 amide bonds. The molecule has 19 heavy (non-hydrogen) atoms. The van der Waals surface area contributed by atoms with Crippen LogP contribution in [0.15, 0.2) is 23.5 Å². The Bertz CT molecular complexity index is 463. The summed E-state index contributed by atoms with van der Waals surface area (Å²) in [6.45, 7) is 4.22. The molecule has 0 aliphatic carbocycles. The van der Waals surface area contributed by atoms with Gasteiger partial charge in [0.1, 0.15) is 5.69 Å². The molecule has 0 bridgehead atoms. The van der Waals surface area contributed by atoms with Gasteiger partial charge in [0.25, 0.3) is 0 Å². The molecule has 2 heterocycles. The summed E-state index contributed by atoms with van der Waals surface area (Å²) < 4.78 is 0. The van der Waals surface area contributed by atoms with Gasteiger partial charge in [-0.3, -0.25) is 9.88 Å². The number of amidine groups is 1. The van der Waals surface area contributed by atoms with Gasteiger partial charge in [0.2, 0.25) is 0 Å². The highest BCUT2D eigenvalue weighted by molar-refractivity contribution is 5.96. The van der Waals surface area contributed by atoms with Gasteiger partial charge >= 0.3 is 0 Å². The summed E-state index contributed by atoms with van der Waals surface area (Å²) in [4.78, 5) is 6.39. The van der Waals surface area contributed by atoms with Crippen molar-refractivity contribution in [2.45, 2.75) is 31.9 Å². The van der Waals surface area contributed by atoms with Gasteiger partial charge in [-0.2, -0.15) is 0 Å². The monoisotopic (exact) mass is 264 g/mol. The average molecular weight is 264 g/mol. The zero-order valence-electron chi connectivity index (χ0n) is 11.1. The lowest BCUT2D eigenvalue weighted by Gasteiger charge is -2.35. The van der Waals surface area contributed by atoms with E-state index in [9.17, 15) is 5.11 Å². The van der Waals surface area contributed by atoms with Crippen molar-refractivity contribution in [1.29, 1.82) is 0 Å². The molecule has 6 heteroatoms. The fourth-order valence-electron chi connectivity index (χ4n) is 2.28. The molecule has 1 aliphatic heterocycles. The molecule has 1 aromatic heterocycles. The van der Waals surface area contributed by atoms with Crippen LogP contribution < -0.4 is 5.73 Å². The summed E-state index contributed by atoms with van der Waals surface area (Å²) in [7, 11) is 0. The van der Waals surface area contributed by atoms with E-state index >= 15 is 0 Å². The molecule has 0 saturated carbocycles. The van der Waals surface area contributed by atoms with Crippen molar-refractivity contribution >= 4 is 5.84 Å². The first kappa shape index (κ1) is 13.8. The number of hydrogen-bond donors (Lipinski definition) is 3. The summed E-state index contributed by atoms with van der Waals surface area (Å²) >= 11 is 0. The Morgan fingerprint density at radius 2 is 2.21 bits per heavy atom. The maximum absolute atomic E-state index is 9.93. The quantitative estimate of drug-likeness (QED) is 0.320. The van der Waals surface area contributed by atoms with E-state index in [0.717, 1.165) is 31.5 Å². The van der Waals surface area contributed by atoms with Crippen molar-refractivity contribution < 1.29 is 10.3 Å². The van der Waals surface area contributed by atoms with Crippen LogP contribution in [0, 0.1) is 0 Å². The van der Waals surface area contributed by atoms with Crippen molar-refractivity contribution in [1.82, 2.24) is 9.88 Å². The number of oxime groups is 1. The van der Waals surface area contributed by atoms with E-state index in [-0.39, 0.29) is 5.84 Å². The van der Waals surface area contributed by atoms with E-state index in [2.05, 4.69) is 15.0 Å². The van der Waals surface area contributed by atoms with E-state index in [1.165, 1.54) is 0 Å². The molecule has 6 nitrogen and oxygen atoms in total. The third kappa shape index (κ3) is 3.42. The van der Waals surface area contributed by atoms with Crippen LogP contribution in [0.3, 0.4) is 0 Å². The molecule has 1 fully saturated rings. The van der Waals surface area contributed by atoms with Gasteiger partial charge in [-0.25, -0.2) is 0 Å². The van der Waals surface area contributed by atoms with Gasteiger partial charge < -0.3 is 16.0 Å². The number of pyridine rings is 1. The molecule has 0 aromatic carbocycles. The van der Waals surface area contributed by atoms with Gasteiger partial charge in [-0.1, -0.05) is 11.2 Å². The van der Waals surface area contributed by atoms with Crippen LogP contribution in [0.4, 0.5) is 0 Å². The van der Waals surface area contributed by atoms with Crippen molar-refractivity contribution in [2.24, 2.45) is 10.9 Å². The van der Waals surface area contributed by atoms with Crippen LogP contribution in [0.25, 0.3) is 0 Å². The fourth-order valence-corrected chi connectivity index (χ4v) is 2.28. The zero-order valence-corrected chi connectivity index (χ0v) is 11.1. The lowest BCUT2D eigenvalue weighted by molar-refractivity contribution is -0.00732. The molecular weight excluding hydrogens is 244 g/mol. The van der Waals surface area contributed by atoms with E-state index in [1.54, 1.807) is 6.20 Å². The number of nitrogens with two attached hydrogens (primary N) is 1. The number of aromatic nitrogens is 1. The summed E-state index contributed by atoms with van der Waals surface area (Å²) in [5, 5.41) is 21.7. The minimum Gasteiger partial charge on any atom is -0.409 e. The van der Waals surface area contributed by atoms with E-state index < -0.39 is 5.60 Å². The van der Waals surface area contributed by atoms with Crippen molar-refractivity contribution in [3.8, 4) is 0 Å². The molecule has 1 aliphatic rings. The average Bonchev–Trinajstić information content (AvgIpc) is 2.41. The molecule has 104 valence electrons. The normalized spacial score (nSPS) is 20.4. The van der Waals surface area contributed by atoms with Crippen LogP contribution in [0.2, 0.25) is 0 Å². The summed E-state index contributed by atoms with van der Waals surface area (Å²) in [6.07, 6.45) is 3.14. The Labute approximate surface area is 112 Å². The smallest absolute Gasteiger partial charge is 0.189 e. The van der Waals surface area contributed by atoms with Crippen molar-refractivity contribution in [3.05, 3.63) is 29.6 Å². The number of rotatable bonds is 3. The Hall–Kier alpha value is -1.66. The lowest BCUT2D eigenvalue weighted by atomic mass is 9.93. The maximum Gasteiger partial charge on any atom is 0.189 e. The van der Waals surface area contributed by atoms with Gasteiger partial charge in [0, 0.05) is 25.8 Å². The largest absolute Gasteiger partial charge is 0.409 e. The molecule has 0 radical (unpaired) electrons.